The molecular weight excluding hydrogens is 449 g/mol. The lowest BCUT2D eigenvalue weighted by Gasteiger charge is -2.13. The number of aryl methyl sites for hydroxylation is 1. The van der Waals surface area contributed by atoms with Crippen LogP contribution >= 0.6 is 35.7 Å². The third-order valence-corrected chi connectivity index (χ3v) is 4.20. The van der Waals surface area contributed by atoms with Crippen molar-refractivity contribution in [2.24, 2.45) is 4.99 Å². The first-order valence-electron chi connectivity index (χ1n) is 8.48. The minimum Gasteiger partial charge on any atom is -0.493 e. The van der Waals surface area contributed by atoms with Crippen LogP contribution in [-0.4, -0.2) is 51.8 Å². The number of nitrogens with zero attached hydrogens (tertiary/aromatic N) is 1. The van der Waals surface area contributed by atoms with Gasteiger partial charge in [0.15, 0.2) is 17.5 Å². The first-order valence-corrected chi connectivity index (χ1v) is 9.87. The SMILES string of the molecule is CCOc1cc(CCCNC(=NC)NCCCSC)ccc1OC.I. The monoisotopic (exact) mass is 481 g/mol. The van der Waals surface area contributed by atoms with Crippen molar-refractivity contribution >= 4 is 41.7 Å². The van der Waals surface area contributed by atoms with Crippen molar-refractivity contribution in [1.29, 1.82) is 0 Å². The Balaban J connectivity index is 0.00000576. The van der Waals surface area contributed by atoms with Gasteiger partial charge in [-0.05, 0) is 55.9 Å². The van der Waals surface area contributed by atoms with Gasteiger partial charge in [0.2, 0.25) is 0 Å². The van der Waals surface area contributed by atoms with Crippen LogP contribution in [0, 0.1) is 0 Å². The lowest BCUT2D eigenvalue weighted by atomic mass is 10.1. The average Bonchev–Trinajstić information content (AvgIpc) is 2.61. The molecule has 0 aliphatic carbocycles. The zero-order valence-corrected chi connectivity index (χ0v) is 18.9. The Morgan fingerprint density at radius 2 is 1.88 bits per heavy atom. The van der Waals surface area contributed by atoms with Crippen LogP contribution in [0.5, 0.6) is 11.5 Å². The third kappa shape index (κ3) is 10.0. The van der Waals surface area contributed by atoms with E-state index in [1.807, 2.05) is 31.8 Å². The number of ether oxygens (including phenoxy) is 2. The highest BCUT2D eigenvalue weighted by Crippen LogP contribution is 2.28. The predicted octanol–water partition coefficient (Wildman–Crippen LogP) is 3.56. The summed E-state index contributed by atoms with van der Waals surface area (Å²) in [5, 5.41) is 6.69. The third-order valence-electron chi connectivity index (χ3n) is 3.50. The van der Waals surface area contributed by atoms with E-state index in [1.165, 1.54) is 11.3 Å². The van der Waals surface area contributed by atoms with Crippen LogP contribution in [-0.2, 0) is 6.42 Å². The van der Waals surface area contributed by atoms with Crippen LogP contribution < -0.4 is 20.1 Å². The van der Waals surface area contributed by atoms with E-state index in [1.54, 1.807) is 7.11 Å². The molecule has 0 unspecified atom stereocenters. The van der Waals surface area contributed by atoms with E-state index in [0.29, 0.717) is 6.61 Å². The Labute approximate surface area is 173 Å². The molecule has 1 aromatic rings. The summed E-state index contributed by atoms with van der Waals surface area (Å²) >= 11 is 1.87. The molecule has 1 rings (SSSR count). The molecule has 0 aliphatic rings. The number of rotatable bonds is 11. The first kappa shape index (κ1) is 24.2. The van der Waals surface area contributed by atoms with Crippen molar-refractivity contribution in [3.8, 4) is 11.5 Å². The zero-order chi connectivity index (χ0) is 17.6. The molecule has 0 aromatic heterocycles. The summed E-state index contributed by atoms with van der Waals surface area (Å²) in [7, 11) is 3.47. The number of nitrogens with one attached hydrogen (secondary N) is 2. The highest BCUT2D eigenvalue weighted by molar-refractivity contribution is 14.0. The van der Waals surface area contributed by atoms with Crippen LogP contribution in [0.4, 0.5) is 0 Å². The molecule has 0 atom stereocenters. The molecule has 7 heteroatoms. The quantitative estimate of drug-likeness (QED) is 0.219. The standard InChI is InChI=1S/C18H31N3O2S.HI/c1-5-23-17-14-15(9-10-16(17)22-3)8-6-11-20-18(19-2)21-12-7-13-24-4;/h9-10,14H,5-8,11-13H2,1-4H3,(H2,19,20,21);1H. The second kappa shape index (κ2) is 15.4. The maximum atomic E-state index is 5.62. The average molecular weight is 481 g/mol. The van der Waals surface area contributed by atoms with Crippen LogP contribution in [0.2, 0.25) is 0 Å². The summed E-state index contributed by atoms with van der Waals surface area (Å²) in [6, 6.07) is 6.13. The smallest absolute Gasteiger partial charge is 0.190 e. The van der Waals surface area contributed by atoms with Gasteiger partial charge in [-0.25, -0.2) is 0 Å². The van der Waals surface area contributed by atoms with Gasteiger partial charge in [-0.1, -0.05) is 6.07 Å². The van der Waals surface area contributed by atoms with E-state index in [-0.39, 0.29) is 24.0 Å². The number of benzene rings is 1. The summed E-state index contributed by atoms with van der Waals surface area (Å²) in [5.74, 6) is 3.65. The zero-order valence-electron chi connectivity index (χ0n) is 15.8. The number of methoxy groups -OCH3 is 1. The summed E-state index contributed by atoms with van der Waals surface area (Å²) < 4.78 is 10.9. The van der Waals surface area contributed by atoms with Crippen molar-refractivity contribution in [3.63, 3.8) is 0 Å². The van der Waals surface area contributed by atoms with Crippen LogP contribution in [0.3, 0.4) is 0 Å². The fraction of sp³-hybridized carbons (Fsp3) is 0.611. The summed E-state index contributed by atoms with van der Waals surface area (Å²) in [6.07, 6.45) is 5.29. The minimum absolute atomic E-state index is 0. The molecule has 0 saturated carbocycles. The molecule has 1 aromatic carbocycles. The van der Waals surface area contributed by atoms with Gasteiger partial charge in [-0.15, -0.1) is 24.0 Å². The van der Waals surface area contributed by atoms with Crippen LogP contribution in [0.25, 0.3) is 0 Å². The molecule has 0 aliphatic heterocycles. The highest BCUT2D eigenvalue weighted by Gasteiger charge is 2.05. The molecule has 0 radical (unpaired) electrons. The molecule has 5 nitrogen and oxygen atoms in total. The van der Waals surface area contributed by atoms with E-state index >= 15 is 0 Å². The molecule has 0 heterocycles. The maximum Gasteiger partial charge on any atom is 0.190 e. The molecule has 0 saturated heterocycles. The van der Waals surface area contributed by atoms with Gasteiger partial charge in [0, 0.05) is 20.1 Å². The van der Waals surface area contributed by atoms with Crippen LogP contribution in [0.15, 0.2) is 23.2 Å². The molecule has 25 heavy (non-hydrogen) atoms. The van der Waals surface area contributed by atoms with E-state index in [0.717, 1.165) is 49.8 Å². The van der Waals surface area contributed by atoms with E-state index < -0.39 is 0 Å². The number of thioether (sulfide) groups is 1. The van der Waals surface area contributed by atoms with E-state index in [4.69, 9.17) is 9.47 Å². The fourth-order valence-corrected chi connectivity index (χ4v) is 2.72. The van der Waals surface area contributed by atoms with Crippen molar-refractivity contribution in [2.45, 2.75) is 26.2 Å². The fourth-order valence-electron chi connectivity index (χ4n) is 2.29. The van der Waals surface area contributed by atoms with Gasteiger partial charge in [0.25, 0.3) is 0 Å². The molecule has 2 N–H and O–H groups in total. The van der Waals surface area contributed by atoms with Crippen molar-refractivity contribution in [3.05, 3.63) is 23.8 Å². The Kier molecular flexibility index (Phi) is 14.9. The van der Waals surface area contributed by atoms with Gasteiger partial charge < -0.3 is 20.1 Å². The molecule has 0 spiro atoms. The number of halogens is 1. The second-order valence-corrected chi connectivity index (χ2v) is 6.28. The number of hydrogen-bond acceptors (Lipinski definition) is 4. The highest BCUT2D eigenvalue weighted by atomic mass is 127. The van der Waals surface area contributed by atoms with Crippen molar-refractivity contribution < 1.29 is 9.47 Å². The number of hydrogen-bond donors (Lipinski definition) is 2. The maximum absolute atomic E-state index is 5.62. The lowest BCUT2D eigenvalue weighted by molar-refractivity contribution is 0.310. The minimum atomic E-state index is 0. The Morgan fingerprint density at radius 1 is 1.16 bits per heavy atom. The topological polar surface area (TPSA) is 54.9 Å². The Hall–Kier alpha value is -0.830. The second-order valence-electron chi connectivity index (χ2n) is 5.29. The number of aliphatic imine (C=N–C) groups is 1. The Bertz CT molecular complexity index is 501. The summed E-state index contributed by atoms with van der Waals surface area (Å²) in [6.45, 7) is 4.46. The van der Waals surface area contributed by atoms with Crippen molar-refractivity contribution in [1.82, 2.24) is 10.6 Å². The lowest BCUT2D eigenvalue weighted by Crippen LogP contribution is -2.38. The largest absolute Gasteiger partial charge is 0.493 e. The van der Waals surface area contributed by atoms with Crippen molar-refractivity contribution in [2.75, 3.05) is 45.9 Å². The predicted molar refractivity (Wildman–Crippen MR) is 120 cm³/mol. The van der Waals surface area contributed by atoms with Gasteiger partial charge in [0.1, 0.15) is 0 Å². The molecule has 0 amide bonds. The molecular formula is C18H32IN3O2S. The van der Waals surface area contributed by atoms with Gasteiger partial charge in [-0.3, -0.25) is 4.99 Å². The normalized spacial score (nSPS) is 10.8. The molecule has 0 bridgehead atoms. The van der Waals surface area contributed by atoms with Gasteiger partial charge in [0.05, 0.1) is 13.7 Å². The Morgan fingerprint density at radius 3 is 2.48 bits per heavy atom. The summed E-state index contributed by atoms with van der Waals surface area (Å²) in [4.78, 5) is 4.24. The van der Waals surface area contributed by atoms with Gasteiger partial charge in [-0.2, -0.15) is 11.8 Å². The first-order chi connectivity index (χ1) is 11.7. The van der Waals surface area contributed by atoms with E-state index in [9.17, 15) is 0 Å². The van der Waals surface area contributed by atoms with Gasteiger partial charge >= 0.3 is 0 Å². The molecule has 0 fully saturated rings. The van der Waals surface area contributed by atoms with E-state index in [2.05, 4.69) is 34.0 Å². The van der Waals surface area contributed by atoms with Crippen LogP contribution in [0.1, 0.15) is 25.3 Å². The number of guanidine groups is 1. The molecule has 144 valence electrons. The summed E-state index contributed by atoms with van der Waals surface area (Å²) in [5.41, 5.74) is 1.25.